The van der Waals surface area contributed by atoms with E-state index in [1.165, 1.54) is 17.0 Å². The minimum Gasteiger partial charge on any atom is -0.367 e. The second kappa shape index (κ2) is 5.49. The van der Waals surface area contributed by atoms with Crippen LogP contribution in [0.25, 0.3) is 21.8 Å². The van der Waals surface area contributed by atoms with Crippen LogP contribution in [0.5, 0.6) is 0 Å². The number of aryl methyl sites for hydroxylation is 1. The van der Waals surface area contributed by atoms with Gasteiger partial charge in [-0.25, -0.2) is 4.98 Å². The average molecular weight is 319 g/mol. The number of hydrogen-bond donors (Lipinski definition) is 1. The van der Waals surface area contributed by atoms with E-state index in [1.54, 1.807) is 11.7 Å². The van der Waals surface area contributed by atoms with Gasteiger partial charge in [0.2, 0.25) is 0 Å². The van der Waals surface area contributed by atoms with Crippen molar-refractivity contribution in [1.82, 2.24) is 19.7 Å². The molecule has 120 valence electrons. The van der Waals surface area contributed by atoms with Crippen LogP contribution in [0, 0.1) is 0 Å². The number of aromatic nitrogens is 4. The van der Waals surface area contributed by atoms with E-state index in [1.807, 2.05) is 19.2 Å². The number of fused-ring (bicyclic) bond motifs is 2. The van der Waals surface area contributed by atoms with Crippen LogP contribution in [0.15, 0.2) is 53.5 Å². The zero-order chi connectivity index (χ0) is 16.7. The van der Waals surface area contributed by atoms with Crippen LogP contribution in [0.3, 0.4) is 0 Å². The Labute approximate surface area is 138 Å². The largest absolute Gasteiger partial charge is 0.367 e. The highest BCUT2D eigenvalue weighted by Gasteiger charge is 2.10. The number of aromatic amines is 1. The molecular weight excluding hydrogens is 302 g/mol. The molecule has 2 aromatic heterocycles. The first-order valence-corrected chi connectivity index (χ1v) is 7.73. The van der Waals surface area contributed by atoms with E-state index in [4.69, 9.17) is 0 Å². The number of nitrogens with zero attached hydrogens (tertiary/aromatic N) is 4. The molecule has 0 bridgehead atoms. The van der Waals surface area contributed by atoms with Crippen LogP contribution in [0.2, 0.25) is 0 Å². The summed E-state index contributed by atoms with van der Waals surface area (Å²) in [4.78, 5) is 21.6. The fraction of sp³-hybridized carbons (Fsp3) is 0.167. The Kier molecular flexibility index (Phi) is 3.30. The predicted octanol–water partition coefficient (Wildman–Crippen LogP) is 2.45. The minimum atomic E-state index is -0.157. The number of benzene rings is 2. The average Bonchev–Trinajstić information content (AvgIpc) is 2.96. The van der Waals surface area contributed by atoms with Gasteiger partial charge < -0.3 is 9.88 Å². The third-order valence-electron chi connectivity index (χ3n) is 4.21. The van der Waals surface area contributed by atoms with Gasteiger partial charge in [-0.05, 0) is 22.9 Å². The second-order valence-electron chi connectivity index (χ2n) is 5.91. The second-order valence-corrected chi connectivity index (χ2v) is 5.91. The van der Waals surface area contributed by atoms with Crippen LogP contribution in [0.4, 0.5) is 5.69 Å². The Morgan fingerprint density at radius 1 is 1.17 bits per heavy atom. The van der Waals surface area contributed by atoms with Crippen LogP contribution < -0.4 is 10.5 Å². The summed E-state index contributed by atoms with van der Waals surface area (Å²) in [5.41, 5.74) is 1.51. The monoisotopic (exact) mass is 319 g/mol. The lowest BCUT2D eigenvalue weighted by Gasteiger charge is -2.19. The molecule has 2 aromatic carbocycles. The molecule has 0 unspecified atom stereocenters. The molecule has 0 radical (unpaired) electrons. The molecule has 6 heteroatoms. The highest BCUT2D eigenvalue weighted by atomic mass is 16.1. The molecule has 0 spiro atoms. The van der Waals surface area contributed by atoms with E-state index in [2.05, 4.69) is 50.3 Å². The molecule has 24 heavy (non-hydrogen) atoms. The molecule has 0 amide bonds. The molecule has 0 aliphatic rings. The predicted molar refractivity (Wildman–Crippen MR) is 95.2 cm³/mol. The van der Waals surface area contributed by atoms with Crippen molar-refractivity contribution in [3.05, 3.63) is 64.8 Å². The van der Waals surface area contributed by atoms with Gasteiger partial charge in [-0.3, -0.25) is 9.48 Å². The summed E-state index contributed by atoms with van der Waals surface area (Å²) >= 11 is 0. The van der Waals surface area contributed by atoms with Crippen LogP contribution in [-0.2, 0) is 13.6 Å². The van der Waals surface area contributed by atoms with Crippen molar-refractivity contribution in [2.24, 2.45) is 7.05 Å². The summed E-state index contributed by atoms with van der Waals surface area (Å²) in [6, 6.07) is 14.6. The van der Waals surface area contributed by atoms with Crippen LogP contribution >= 0.6 is 0 Å². The molecule has 0 aliphatic heterocycles. The molecule has 4 aromatic rings. The lowest BCUT2D eigenvalue weighted by Crippen LogP contribution is -2.21. The van der Waals surface area contributed by atoms with E-state index < -0.39 is 0 Å². The highest BCUT2D eigenvalue weighted by molar-refractivity contribution is 5.85. The first-order valence-electron chi connectivity index (χ1n) is 7.73. The Morgan fingerprint density at radius 3 is 2.79 bits per heavy atom. The molecular formula is C18H17N5O. The molecule has 4 rings (SSSR count). The van der Waals surface area contributed by atoms with E-state index in [-0.39, 0.29) is 5.56 Å². The fourth-order valence-corrected chi connectivity index (χ4v) is 2.88. The van der Waals surface area contributed by atoms with E-state index in [0.717, 1.165) is 5.69 Å². The molecule has 0 atom stereocenters. The molecule has 0 saturated carbocycles. The Balaban J connectivity index is 1.68. The van der Waals surface area contributed by atoms with Crippen LogP contribution in [0.1, 0.15) is 5.82 Å². The maximum absolute atomic E-state index is 12.1. The third kappa shape index (κ3) is 2.42. The van der Waals surface area contributed by atoms with Gasteiger partial charge in [0.1, 0.15) is 11.2 Å². The van der Waals surface area contributed by atoms with Gasteiger partial charge in [0, 0.05) is 19.8 Å². The number of H-pyrrole nitrogens is 1. The normalized spacial score (nSPS) is 11.2. The Hall–Kier alpha value is -3.15. The maximum Gasteiger partial charge on any atom is 0.262 e. The summed E-state index contributed by atoms with van der Waals surface area (Å²) in [7, 11) is 3.77. The molecule has 2 heterocycles. The SMILES string of the molecule is CN(Cc1nc2c(cnn2C)c(=O)[nH]1)c1ccc2ccccc2c1. The maximum atomic E-state index is 12.1. The number of hydrogen-bond acceptors (Lipinski definition) is 4. The van der Waals surface area contributed by atoms with E-state index >= 15 is 0 Å². The molecule has 6 nitrogen and oxygen atoms in total. The van der Waals surface area contributed by atoms with Gasteiger partial charge in [0.15, 0.2) is 5.65 Å². The number of rotatable bonds is 3. The van der Waals surface area contributed by atoms with Crippen molar-refractivity contribution < 1.29 is 0 Å². The standard InChI is InChI=1S/C18H17N5O/c1-22(14-8-7-12-5-3-4-6-13(12)9-14)11-16-20-17-15(18(24)21-16)10-19-23(17)2/h3-10H,11H2,1-2H3,(H,20,21,24). The van der Waals surface area contributed by atoms with Crippen molar-refractivity contribution in [2.45, 2.75) is 6.54 Å². The topological polar surface area (TPSA) is 66.8 Å². The van der Waals surface area contributed by atoms with Gasteiger partial charge in [0.05, 0.1) is 12.7 Å². The van der Waals surface area contributed by atoms with Gasteiger partial charge in [-0.15, -0.1) is 0 Å². The number of anilines is 1. The number of nitrogens with one attached hydrogen (secondary N) is 1. The molecule has 1 N–H and O–H groups in total. The fourth-order valence-electron chi connectivity index (χ4n) is 2.88. The van der Waals surface area contributed by atoms with Crippen molar-refractivity contribution in [3.63, 3.8) is 0 Å². The van der Waals surface area contributed by atoms with E-state index in [9.17, 15) is 4.79 Å². The van der Waals surface area contributed by atoms with Gasteiger partial charge in [-0.1, -0.05) is 30.3 Å². The van der Waals surface area contributed by atoms with Crippen molar-refractivity contribution in [3.8, 4) is 0 Å². The van der Waals surface area contributed by atoms with Crippen molar-refractivity contribution in [1.29, 1.82) is 0 Å². The van der Waals surface area contributed by atoms with Crippen molar-refractivity contribution in [2.75, 3.05) is 11.9 Å². The first-order chi connectivity index (χ1) is 11.6. The molecule has 0 saturated heterocycles. The quantitative estimate of drug-likeness (QED) is 0.630. The van der Waals surface area contributed by atoms with Gasteiger partial charge >= 0.3 is 0 Å². The smallest absolute Gasteiger partial charge is 0.262 e. The summed E-state index contributed by atoms with van der Waals surface area (Å²) < 4.78 is 1.62. The molecule has 0 fully saturated rings. The molecule has 0 aliphatic carbocycles. The Morgan fingerprint density at radius 2 is 1.96 bits per heavy atom. The van der Waals surface area contributed by atoms with Crippen LogP contribution in [-0.4, -0.2) is 26.8 Å². The summed E-state index contributed by atoms with van der Waals surface area (Å²) in [6.45, 7) is 0.509. The Bertz CT molecular complexity index is 1100. The zero-order valence-electron chi connectivity index (χ0n) is 13.5. The summed E-state index contributed by atoms with van der Waals surface area (Å²) in [5.74, 6) is 0.617. The minimum absolute atomic E-state index is 0.157. The van der Waals surface area contributed by atoms with Gasteiger partial charge in [0.25, 0.3) is 5.56 Å². The lowest BCUT2D eigenvalue weighted by atomic mass is 10.1. The highest BCUT2D eigenvalue weighted by Crippen LogP contribution is 2.22. The van der Waals surface area contributed by atoms with Crippen molar-refractivity contribution >= 4 is 27.5 Å². The summed E-state index contributed by atoms with van der Waals surface area (Å²) in [6.07, 6.45) is 1.54. The van der Waals surface area contributed by atoms with Gasteiger partial charge in [-0.2, -0.15) is 5.10 Å². The zero-order valence-corrected chi connectivity index (χ0v) is 13.5. The third-order valence-corrected chi connectivity index (χ3v) is 4.21. The summed E-state index contributed by atoms with van der Waals surface area (Å²) in [5, 5.41) is 6.99. The first kappa shape index (κ1) is 14.4. The lowest BCUT2D eigenvalue weighted by molar-refractivity contribution is 0.771. The van der Waals surface area contributed by atoms with E-state index in [0.29, 0.717) is 23.4 Å².